The van der Waals surface area contributed by atoms with Crippen LogP contribution in [-0.2, 0) is 17.7 Å². The zero-order valence-corrected chi connectivity index (χ0v) is 12.4. The van der Waals surface area contributed by atoms with E-state index < -0.39 is 5.97 Å². The second-order valence-electron chi connectivity index (χ2n) is 4.34. The number of thiazole rings is 1. The van der Waals surface area contributed by atoms with E-state index in [4.69, 9.17) is 9.84 Å². The van der Waals surface area contributed by atoms with Gasteiger partial charge in [0.2, 0.25) is 0 Å². The first-order valence-electron chi connectivity index (χ1n) is 6.10. The highest BCUT2D eigenvalue weighted by atomic mass is 32.1. The number of aromatic carboxylic acids is 1. The third-order valence-electron chi connectivity index (χ3n) is 2.94. The van der Waals surface area contributed by atoms with Crippen LogP contribution in [0.3, 0.4) is 0 Å². The quantitative estimate of drug-likeness (QED) is 0.863. The van der Waals surface area contributed by atoms with E-state index in [1.54, 1.807) is 23.1 Å². The molecule has 0 aliphatic heterocycles. The molecule has 0 radical (unpaired) electrons. The van der Waals surface area contributed by atoms with Crippen molar-refractivity contribution in [2.75, 3.05) is 13.7 Å². The van der Waals surface area contributed by atoms with Gasteiger partial charge < -0.3 is 9.84 Å². The molecule has 0 unspecified atom stereocenters. The predicted octanol–water partition coefficient (Wildman–Crippen LogP) is 1.29. The Labute approximate surface area is 120 Å². The highest BCUT2D eigenvalue weighted by Gasteiger charge is 2.19. The molecule has 8 heteroatoms. The molecule has 1 N–H and O–H groups in total. The van der Waals surface area contributed by atoms with Crippen molar-refractivity contribution in [1.82, 2.24) is 20.0 Å². The average Bonchev–Trinajstić information content (AvgIpc) is 2.92. The van der Waals surface area contributed by atoms with E-state index in [1.807, 2.05) is 13.8 Å². The lowest BCUT2D eigenvalue weighted by molar-refractivity contribution is 0.0688. The van der Waals surface area contributed by atoms with Gasteiger partial charge in [-0.2, -0.15) is 0 Å². The Morgan fingerprint density at radius 1 is 1.45 bits per heavy atom. The summed E-state index contributed by atoms with van der Waals surface area (Å²) >= 11 is 1.58. The van der Waals surface area contributed by atoms with Crippen LogP contribution in [-0.4, -0.2) is 44.8 Å². The van der Waals surface area contributed by atoms with E-state index in [-0.39, 0.29) is 5.69 Å². The molecule has 2 heterocycles. The number of hydrogen-bond donors (Lipinski definition) is 1. The summed E-state index contributed by atoms with van der Waals surface area (Å²) in [5.41, 5.74) is 1.53. The Bertz CT molecular complexity index is 601. The molecule has 2 aromatic rings. The molecule has 0 spiro atoms. The first kappa shape index (κ1) is 14.6. The number of methoxy groups -OCH3 is 1. The van der Waals surface area contributed by atoms with Crippen molar-refractivity contribution in [3.8, 4) is 0 Å². The lowest BCUT2D eigenvalue weighted by Gasteiger charge is -2.04. The highest BCUT2D eigenvalue weighted by molar-refractivity contribution is 7.11. The van der Waals surface area contributed by atoms with Gasteiger partial charge in [0.05, 0.1) is 24.5 Å². The molecule has 0 saturated carbocycles. The highest BCUT2D eigenvalue weighted by Crippen LogP contribution is 2.18. The summed E-state index contributed by atoms with van der Waals surface area (Å²) in [7, 11) is 1.57. The summed E-state index contributed by atoms with van der Waals surface area (Å²) < 4.78 is 6.59. The van der Waals surface area contributed by atoms with Crippen LogP contribution in [0, 0.1) is 13.8 Å². The van der Waals surface area contributed by atoms with Gasteiger partial charge in [0.1, 0.15) is 5.01 Å². The van der Waals surface area contributed by atoms with Crippen LogP contribution in [0.2, 0.25) is 0 Å². The molecule has 2 aromatic heterocycles. The normalized spacial score (nSPS) is 10.9. The average molecular weight is 296 g/mol. The Balaban J connectivity index is 2.28. The maximum Gasteiger partial charge on any atom is 0.358 e. The van der Waals surface area contributed by atoms with E-state index in [1.165, 1.54) is 0 Å². The molecule has 2 rings (SSSR count). The molecule has 0 bridgehead atoms. The molecule has 20 heavy (non-hydrogen) atoms. The fourth-order valence-corrected chi connectivity index (χ4v) is 2.72. The van der Waals surface area contributed by atoms with E-state index in [0.717, 1.165) is 15.6 Å². The van der Waals surface area contributed by atoms with E-state index >= 15 is 0 Å². The number of rotatable bonds is 6. The summed E-state index contributed by atoms with van der Waals surface area (Å²) in [6.45, 7) is 4.81. The number of carbonyl (C=O) groups is 1. The summed E-state index contributed by atoms with van der Waals surface area (Å²) in [4.78, 5) is 16.7. The minimum atomic E-state index is -1.08. The molecular formula is C12H16N4O3S. The molecule has 0 atom stereocenters. The standard InChI is InChI=1S/C12H16N4O3S/c1-7-8(2)20-10(13-7)6-16-9(4-5-19-3)11(12(17)18)14-15-16/h4-6H2,1-3H3,(H,17,18). The molecule has 0 aliphatic carbocycles. The van der Waals surface area contributed by atoms with Gasteiger partial charge in [-0.25, -0.2) is 14.5 Å². The van der Waals surface area contributed by atoms with Gasteiger partial charge in [-0.3, -0.25) is 0 Å². The number of aryl methyl sites for hydroxylation is 2. The molecule has 0 saturated heterocycles. The maximum atomic E-state index is 11.1. The lowest BCUT2D eigenvalue weighted by Crippen LogP contribution is -2.11. The Hall–Kier alpha value is -1.80. The number of nitrogens with zero attached hydrogens (tertiary/aromatic N) is 4. The first-order valence-corrected chi connectivity index (χ1v) is 6.92. The number of hydrogen-bond acceptors (Lipinski definition) is 6. The molecule has 108 valence electrons. The van der Waals surface area contributed by atoms with Crippen molar-refractivity contribution in [3.05, 3.63) is 27.0 Å². The fourth-order valence-electron chi connectivity index (χ4n) is 1.81. The van der Waals surface area contributed by atoms with Crippen molar-refractivity contribution < 1.29 is 14.6 Å². The van der Waals surface area contributed by atoms with Crippen molar-refractivity contribution >= 4 is 17.3 Å². The van der Waals surface area contributed by atoms with Crippen LogP contribution in [0.15, 0.2) is 0 Å². The zero-order chi connectivity index (χ0) is 14.7. The van der Waals surface area contributed by atoms with E-state index in [0.29, 0.717) is 25.3 Å². The van der Waals surface area contributed by atoms with Crippen LogP contribution < -0.4 is 0 Å². The summed E-state index contributed by atoms with van der Waals surface area (Å²) in [5, 5.41) is 17.7. The summed E-state index contributed by atoms with van der Waals surface area (Å²) in [6, 6.07) is 0. The molecule has 0 amide bonds. The van der Waals surface area contributed by atoms with Crippen LogP contribution in [0.5, 0.6) is 0 Å². The van der Waals surface area contributed by atoms with Crippen molar-refractivity contribution in [3.63, 3.8) is 0 Å². The number of aromatic nitrogens is 4. The van der Waals surface area contributed by atoms with Crippen molar-refractivity contribution in [2.24, 2.45) is 0 Å². The Kier molecular flexibility index (Phi) is 4.46. The minimum Gasteiger partial charge on any atom is -0.476 e. The van der Waals surface area contributed by atoms with Gasteiger partial charge in [-0.05, 0) is 13.8 Å². The third-order valence-corrected chi connectivity index (χ3v) is 4.00. The summed E-state index contributed by atoms with van der Waals surface area (Å²) in [6.07, 6.45) is 0.453. The molecule has 0 aromatic carbocycles. The second kappa shape index (κ2) is 6.10. The number of carboxylic acids is 1. The maximum absolute atomic E-state index is 11.1. The van der Waals surface area contributed by atoms with Gasteiger partial charge in [-0.15, -0.1) is 16.4 Å². The van der Waals surface area contributed by atoms with Crippen LogP contribution in [0.4, 0.5) is 0 Å². The first-order chi connectivity index (χ1) is 9.52. The monoisotopic (exact) mass is 296 g/mol. The topological polar surface area (TPSA) is 90.1 Å². The number of carboxylic acid groups (broad SMARTS) is 1. The van der Waals surface area contributed by atoms with Gasteiger partial charge in [0.15, 0.2) is 5.69 Å². The Morgan fingerprint density at radius 2 is 2.20 bits per heavy atom. The molecule has 0 aliphatic rings. The van der Waals surface area contributed by atoms with Crippen molar-refractivity contribution in [2.45, 2.75) is 26.8 Å². The smallest absolute Gasteiger partial charge is 0.358 e. The van der Waals surface area contributed by atoms with Gasteiger partial charge in [0, 0.05) is 18.4 Å². The zero-order valence-electron chi connectivity index (χ0n) is 11.6. The molecule has 0 fully saturated rings. The van der Waals surface area contributed by atoms with Gasteiger partial charge in [-0.1, -0.05) is 5.21 Å². The minimum absolute atomic E-state index is 0.0212. The van der Waals surface area contributed by atoms with Gasteiger partial charge in [0.25, 0.3) is 0 Å². The number of ether oxygens (including phenoxy) is 1. The summed E-state index contributed by atoms with van der Waals surface area (Å²) in [5.74, 6) is -1.08. The largest absolute Gasteiger partial charge is 0.476 e. The molecular weight excluding hydrogens is 280 g/mol. The SMILES string of the molecule is COCCc1c(C(=O)O)nnn1Cc1nc(C)c(C)s1. The van der Waals surface area contributed by atoms with Crippen LogP contribution >= 0.6 is 11.3 Å². The third kappa shape index (κ3) is 3.02. The van der Waals surface area contributed by atoms with Crippen LogP contribution in [0.1, 0.15) is 31.8 Å². The Morgan fingerprint density at radius 3 is 2.75 bits per heavy atom. The second-order valence-corrected chi connectivity index (χ2v) is 5.63. The van der Waals surface area contributed by atoms with E-state index in [2.05, 4.69) is 15.3 Å². The fraction of sp³-hybridized carbons (Fsp3) is 0.500. The molecule has 7 nitrogen and oxygen atoms in total. The van der Waals surface area contributed by atoms with E-state index in [9.17, 15) is 4.79 Å². The lowest BCUT2D eigenvalue weighted by atomic mass is 10.2. The predicted molar refractivity (Wildman–Crippen MR) is 73.3 cm³/mol. The van der Waals surface area contributed by atoms with Crippen LogP contribution in [0.25, 0.3) is 0 Å². The van der Waals surface area contributed by atoms with Gasteiger partial charge >= 0.3 is 5.97 Å². The van der Waals surface area contributed by atoms with Crippen molar-refractivity contribution in [1.29, 1.82) is 0 Å².